The van der Waals surface area contributed by atoms with Gasteiger partial charge in [0.25, 0.3) is 0 Å². The van der Waals surface area contributed by atoms with Gasteiger partial charge >= 0.3 is 5.69 Å². The van der Waals surface area contributed by atoms with Crippen LogP contribution in [0.1, 0.15) is 11.1 Å². The number of benzene rings is 2. The van der Waals surface area contributed by atoms with E-state index in [-0.39, 0.29) is 11.4 Å². The Morgan fingerprint density at radius 1 is 1.15 bits per heavy atom. The van der Waals surface area contributed by atoms with Crippen molar-refractivity contribution in [2.45, 2.75) is 13.8 Å². The van der Waals surface area contributed by atoms with Gasteiger partial charge in [0.2, 0.25) is 5.75 Å². The molecule has 0 aromatic heterocycles. The lowest BCUT2D eigenvalue weighted by Crippen LogP contribution is -1.99. The van der Waals surface area contributed by atoms with Gasteiger partial charge in [-0.2, -0.15) is 0 Å². The van der Waals surface area contributed by atoms with Crippen molar-refractivity contribution in [2.75, 3.05) is 12.4 Å². The van der Waals surface area contributed by atoms with Gasteiger partial charge < -0.3 is 10.1 Å². The van der Waals surface area contributed by atoms with Crippen molar-refractivity contribution in [3.63, 3.8) is 0 Å². The molecule has 104 valence electrons. The van der Waals surface area contributed by atoms with Crippen LogP contribution in [-0.2, 0) is 0 Å². The summed E-state index contributed by atoms with van der Waals surface area (Å²) in [6.45, 7) is 3.85. The van der Waals surface area contributed by atoms with E-state index in [1.165, 1.54) is 0 Å². The fraction of sp³-hybridized carbons (Fsp3) is 0.200. The first-order valence-corrected chi connectivity index (χ1v) is 6.23. The summed E-state index contributed by atoms with van der Waals surface area (Å²) < 4.78 is 5.74. The van der Waals surface area contributed by atoms with E-state index in [0.29, 0.717) is 11.4 Å². The van der Waals surface area contributed by atoms with Crippen molar-refractivity contribution >= 4 is 11.4 Å². The van der Waals surface area contributed by atoms with Crippen LogP contribution >= 0.6 is 0 Å². The quantitative estimate of drug-likeness (QED) is 0.673. The SMILES string of the molecule is CNc1cccc(Oc2cc(C)ccc2C)c1[N+](=O)[O-]. The zero-order valence-corrected chi connectivity index (χ0v) is 11.6. The first-order chi connectivity index (χ1) is 9.52. The zero-order valence-electron chi connectivity index (χ0n) is 11.6. The molecular formula is C15H16N2O3. The van der Waals surface area contributed by atoms with E-state index in [0.717, 1.165) is 11.1 Å². The minimum atomic E-state index is -0.438. The summed E-state index contributed by atoms with van der Waals surface area (Å²) in [7, 11) is 1.64. The summed E-state index contributed by atoms with van der Waals surface area (Å²) in [5, 5.41) is 14.0. The Morgan fingerprint density at radius 2 is 1.90 bits per heavy atom. The highest BCUT2D eigenvalue weighted by Gasteiger charge is 2.21. The number of nitro groups is 1. The molecule has 0 heterocycles. The van der Waals surface area contributed by atoms with Crippen LogP contribution in [0.4, 0.5) is 11.4 Å². The number of rotatable bonds is 4. The van der Waals surface area contributed by atoms with E-state index < -0.39 is 4.92 Å². The average Bonchev–Trinajstić information content (AvgIpc) is 2.42. The van der Waals surface area contributed by atoms with Gasteiger partial charge in [0.05, 0.1) is 4.92 Å². The predicted molar refractivity (Wildman–Crippen MR) is 78.6 cm³/mol. The Kier molecular flexibility index (Phi) is 3.89. The van der Waals surface area contributed by atoms with Gasteiger partial charge in [-0.1, -0.05) is 18.2 Å². The van der Waals surface area contributed by atoms with E-state index in [2.05, 4.69) is 5.32 Å². The van der Waals surface area contributed by atoms with Gasteiger partial charge in [-0.3, -0.25) is 10.1 Å². The monoisotopic (exact) mass is 272 g/mol. The second-order valence-corrected chi connectivity index (χ2v) is 4.53. The molecule has 0 aliphatic rings. The number of nitrogens with one attached hydrogen (secondary N) is 1. The summed E-state index contributed by atoms with van der Waals surface area (Å²) in [5.41, 5.74) is 2.34. The standard InChI is InChI=1S/C15H16N2O3/c1-10-7-8-11(2)14(9-10)20-13-6-4-5-12(16-3)15(13)17(18)19/h4-9,16H,1-3H3. The fourth-order valence-electron chi connectivity index (χ4n) is 1.93. The molecule has 0 spiro atoms. The Morgan fingerprint density at radius 3 is 2.55 bits per heavy atom. The van der Waals surface area contributed by atoms with Crippen molar-refractivity contribution in [1.82, 2.24) is 0 Å². The highest BCUT2D eigenvalue weighted by molar-refractivity contribution is 5.68. The molecule has 0 atom stereocenters. The Bertz CT molecular complexity index is 654. The normalized spacial score (nSPS) is 10.2. The summed E-state index contributed by atoms with van der Waals surface area (Å²) in [4.78, 5) is 10.8. The first-order valence-electron chi connectivity index (χ1n) is 6.23. The molecule has 0 saturated carbocycles. The Labute approximate surface area is 117 Å². The second kappa shape index (κ2) is 5.61. The molecule has 2 rings (SSSR count). The Balaban J connectivity index is 2.48. The molecule has 2 aromatic carbocycles. The maximum atomic E-state index is 11.2. The molecule has 0 aliphatic carbocycles. The topological polar surface area (TPSA) is 64.4 Å². The molecule has 5 nitrogen and oxygen atoms in total. The molecule has 0 saturated heterocycles. The minimum Gasteiger partial charge on any atom is -0.450 e. The number of nitrogens with zero attached hydrogens (tertiary/aromatic N) is 1. The lowest BCUT2D eigenvalue weighted by molar-refractivity contribution is -0.384. The van der Waals surface area contributed by atoms with Crippen molar-refractivity contribution in [3.05, 3.63) is 57.6 Å². The zero-order chi connectivity index (χ0) is 14.7. The lowest BCUT2D eigenvalue weighted by atomic mass is 10.1. The maximum Gasteiger partial charge on any atom is 0.334 e. The third-order valence-corrected chi connectivity index (χ3v) is 3.01. The van der Waals surface area contributed by atoms with Gasteiger partial charge in [0.1, 0.15) is 11.4 Å². The molecule has 1 N–H and O–H groups in total. The van der Waals surface area contributed by atoms with Crippen LogP contribution in [0.2, 0.25) is 0 Å². The highest BCUT2D eigenvalue weighted by atomic mass is 16.6. The van der Waals surface area contributed by atoms with Crippen LogP contribution in [-0.4, -0.2) is 12.0 Å². The van der Waals surface area contributed by atoms with Gasteiger partial charge in [-0.25, -0.2) is 0 Å². The van der Waals surface area contributed by atoms with Crippen LogP contribution in [0, 0.1) is 24.0 Å². The highest BCUT2D eigenvalue weighted by Crippen LogP contribution is 2.38. The molecule has 5 heteroatoms. The summed E-state index contributed by atoms with van der Waals surface area (Å²) in [5.74, 6) is 0.858. The van der Waals surface area contributed by atoms with E-state index in [4.69, 9.17) is 4.74 Å². The molecule has 0 fully saturated rings. The maximum absolute atomic E-state index is 11.2. The van der Waals surface area contributed by atoms with E-state index >= 15 is 0 Å². The van der Waals surface area contributed by atoms with Gasteiger partial charge in [0.15, 0.2) is 0 Å². The molecule has 0 aliphatic heterocycles. The molecule has 20 heavy (non-hydrogen) atoms. The van der Waals surface area contributed by atoms with Gasteiger partial charge in [0, 0.05) is 7.05 Å². The number of anilines is 1. The van der Waals surface area contributed by atoms with Crippen molar-refractivity contribution in [1.29, 1.82) is 0 Å². The average molecular weight is 272 g/mol. The van der Waals surface area contributed by atoms with Crippen molar-refractivity contribution in [2.24, 2.45) is 0 Å². The van der Waals surface area contributed by atoms with Crippen LogP contribution in [0.25, 0.3) is 0 Å². The summed E-state index contributed by atoms with van der Waals surface area (Å²) in [6, 6.07) is 10.7. The van der Waals surface area contributed by atoms with E-state index in [9.17, 15) is 10.1 Å². The largest absolute Gasteiger partial charge is 0.450 e. The number of aryl methyl sites for hydroxylation is 2. The molecule has 2 aromatic rings. The van der Waals surface area contributed by atoms with Crippen LogP contribution < -0.4 is 10.1 Å². The van der Waals surface area contributed by atoms with Gasteiger partial charge in [-0.15, -0.1) is 0 Å². The lowest BCUT2D eigenvalue weighted by Gasteiger charge is -2.11. The predicted octanol–water partition coefficient (Wildman–Crippen LogP) is 4.05. The van der Waals surface area contributed by atoms with Crippen LogP contribution in [0.5, 0.6) is 11.5 Å². The Hall–Kier alpha value is -2.56. The number of hydrogen-bond acceptors (Lipinski definition) is 4. The molecule has 0 amide bonds. The minimum absolute atomic E-state index is 0.0593. The molecule has 0 bridgehead atoms. The molecular weight excluding hydrogens is 256 g/mol. The second-order valence-electron chi connectivity index (χ2n) is 4.53. The number of hydrogen-bond donors (Lipinski definition) is 1. The summed E-state index contributed by atoms with van der Waals surface area (Å²) in [6.07, 6.45) is 0. The molecule has 0 unspecified atom stereocenters. The molecule has 0 radical (unpaired) electrons. The number of para-hydroxylation sites is 1. The number of nitro benzene ring substituents is 1. The van der Waals surface area contributed by atoms with Crippen LogP contribution in [0.3, 0.4) is 0 Å². The summed E-state index contributed by atoms with van der Waals surface area (Å²) >= 11 is 0. The van der Waals surface area contributed by atoms with Crippen molar-refractivity contribution < 1.29 is 9.66 Å². The fourth-order valence-corrected chi connectivity index (χ4v) is 1.93. The van der Waals surface area contributed by atoms with E-state index in [1.807, 2.05) is 32.0 Å². The van der Waals surface area contributed by atoms with Gasteiger partial charge in [-0.05, 0) is 43.2 Å². The number of ether oxygens (including phenoxy) is 1. The smallest absolute Gasteiger partial charge is 0.334 e. The van der Waals surface area contributed by atoms with Crippen LogP contribution in [0.15, 0.2) is 36.4 Å². The third kappa shape index (κ3) is 2.71. The van der Waals surface area contributed by atoms with E-state index in [1.54, 1.807) is 25.2 Å². The third-order valence-electron chi connectivity index (χ3n) is 3.01. The first kappa shape index (κ1) is 13.9. The van der Waals surface area contributed by atoms with Crippen molar-refractivity contribution in [3.8, 4) is 11.5 Å².